The van der Waals surface area contributed by atoms with E-state index in [1.54, 1.807) is 24.7 Å². The van der Waals surface area contributed by atoms with Crippen LogP contribution in [0.3, 0.4) is 0 Å². The van der Waals surface area contributed by atoms with Crippen LogP contribution < -0.4 is 4.74 Å². The summed E-state index contributed by atoms with van der Waals surface area (Å²) in [6.07, 6.45) is 6.08. The van der Waals surface area contributed by atoms with Crippen molar-refractivity contribution in [2.24, 2.45) is 0 Å². The number of ether oxygens (including phenoxy) is 2. The molecule has 36 heavy (non-hydrogen) atoms. The van der Waals surface area contributed by atoms with Gasteiger partial charge in [-0.1, -0.05) is 11.6 Å². The zero-order chi connectivity index (χ0) is 25.1. The fourth-order valence-corrected chi connectivity index (χ4v) is 4.73. The van der Waals surface area contributed by atoms with Crippen molar-refractivity contribution in [2.75, 3.05) is 26.3 Å². The Labute approximate surface area is 213 Å². The maximum absolute atomic E-state index is 15.1. The van der Waals surface area contributed by atoms with E-state index in [-0.39, 0.29) is 6.10 Å². The molecule has 1 saturated heterocycles. The van der Waals surface area contributed by atoms with Gasteiger partial charge in [-0.05, 0) is 49.7 Å². The number of morpholine rings is 1. The van der Waals surface area contributed by atoms with Crippen LogP contribution in [0.15, 0.2) is 48.9 Å². The number of rotatable bonds is 7. The highest BCUT2D eigenvalue weighted by atomic mass is 35.5. The van der Waals surface area contributed by atoms with Crippen LogP contribution >= 0.6 is 11.6 Å². The molecule has 1 N–H and O–H groups in total. The number of benzene rings is 1. The van der Waals surface area contributed by atoms with E-state index in [1.165, 1.54) is 6.08 Å². The Balaban J connectivity index is 1.33. The van der Waals surface area contributed by atoms with E-state index in [2.05, 4.69) is 25.1 Å². The number of H-pyrrole nitrogens is 1. The molecule has 4 heterocycles. The molecule has 186 valence electrons. The van der Waals surface area contributed by atoms with Crippen LogP contribution in [0, 0.1) is 6.92 Å². The average molecular weight is 508 g/mol. The molecule has 1 aromatic carbocycles. The Kier molecular flexibility index (Phi) is 7.27. The van der Waals surface area contributed by atoms with E-state index < -0.39 is 5.83 Å². The van der Waals surface area contributed by atoms with Gasteiger partial charge in [0.05, 0.1) is 35.1 Å². The van der Waals surface area contributed by atoms with Gasteiger partial charge in [-0.25, -0.2) is 4.39 Å². The van der Waals surface area contributed by atoms with Gasteiger partial charge in [0.2, 0.25) is 0 Å². The van der Waals surface area contributed by atoms with Gasteiger partial charge in [-0.15, -0.1) is 0 Å². The van der Waals surface area contributed by atoms with Gasteiger partial charge in [0.25, 0.3) is 0 Å². The third-order valence-electron chi connectivity index (χ3n) is 6.27. The largest absolute Gasteiger partial charge is 0.486 e. The lowest BCUT2D eigenvalue weighted by Gasteiger charge is -2.26. The Bertz CT molecular complexity index is 1360. The molecular formula is C27H27ClFN5O2. The number of pyridine rings is 2. The number of aromatic amines is 1. The van der Waals surface area contributed by atoms with E-state index in [0.717, 1.165) is 55.1 Å². The second-order valence-corrected chi connectivity index (χ2v) is 9.25. The Morgan fingerprint density at radius 2 is 2.06 bits per heavy atom. The minimum atomic E-state index is -0.398. The Hall–Kier alpha value is -3.33. The van der Waals surface area contributed by atoms with Crippen molar-refractivity contribution in [2.45, 2.75) is 26.5 Å². The van der Waals surface area contributed by atoms with Crippen LogP contribution in [0.1, 0.15) is 41.1 Å². The molecule has 0 spiro atoms. The number of hydrogen-bond acceptors (Lipinski definition) is 6. The minimum absolute atomic E-state index is 0.289. The van der Waals surface area contributed by atoms with Crippen molar-refractivity contribution in [3.63, 3.8) is 0 Å². The van der Waals surface area contributed by atoms with Crippen molar-refractivity contribution in [3.8, 4) is 5.75 Å². The predicted molar refractivity (Wildman–Crippen MR) is 138 cm³/mol. The lowest BCUT2D eigenvalue weighted by Crippen LogP contribution is -2.35. The zero-order valence-electron chi connectivity index (χ0n) is 20.2. The van der Waals surface area contributed by atoms with Gasteiger partial charge in [0, 0.05) is 60.8 Å². The Morgan fingerprint density at radius 1 is 1.22 bits per heavy atom. The van der Waals surface area contributed by atoms with Crippen molar-refractivity contribution in [1.29, 1.82) is 0 Å². The normalized spacial score (nSPS) is 15.8. The molecule has 1 fully saturated rings. The summed E-state index contributed by atoms with van der Waals surface area (Å²) in [4.78, 5) is 10.8. The number of hydrogen-bond donors (Lipinski definition) is 1. The van der Waals surface area contributed by atoms with Crippen molar-refractivity contribution >= 4 is 34.4 Å². The zero-order valence-corrected chi connectivity index (χ0v) is 20.9. The van der Waals surface area contributed by atoms with Crippen LogP contribution in [-0.4, -0.2) is 51.4 Å². The summed E-state index contributed by atoms with van der Waals surface area (Å²) in [5.41, 5.74) is 4.42. The second kappa shape index (κ2) is 10.7. The molecule has 1 aliphatic rings. The van der Waals surface area contributed by atoms with E-state index in [0.29, 0.717) is 27.5 Å². The minimum Gasteiger partial charge on any atom is -0.486 e. The molecule has 9 heteroatoms. The van der Waals surface area contributed by atoms with E-state index >= 15 is 4.39 Å². The second-order valence-electron chi connectivity index (χ2n) is 8.85. The van der Waals surface area contributed by atoms with Crippen LogP contribution in [0.2, 0.25) is 5.02 Å². The number of aryl methyl sites for hydroxylation is 1. The summed E-state index contributed by atoms with van der Waals surface area (Å²) in [6.45, 7) is 7.83. The molecule has 0 radical (unpaired) electrons. The summed E-state index contributed by atoms with van der Waals surface area (Å²) in [7, 11) is 0. The summed E-state index contributed by atoms with van der Waals surface area (Å²) < 4.78 is 26.7. The van der Waals surface area contributed by atoms with E-state index in [1.807, 2.05) is 38.1 Å². The van der Waals surface area contributed by atoms with E-state index in [9.17, 15) is 0 Å². The maximum Gasteiger partial charge on any atom is 0.134 e. The van der Waals surface area contributed by atoms with Crippen molar-refractivity contribution in [3.05, 3.63) is 82.0 Å². The summed E-state index contributed by atoms with van der Waals surface area (Å²) >= 11 is 6.35. The smallest absolute Gasteiger partial charge is 0.134 e. The molecule has 1 unspecified atom stereocenters. The molecule has 1 aliphatic heterocycles. The highest BCUT2D eigenvalue weighted by Gasteiger charge is 2.16. The number of nitrogens with one attached hydrogen (secondary N) is 1. The first-order chi connectivity index (χ1) is 17.5. The molecular weight excluding hydrogens is 481 g/mol. The first-order valence-corrected chi connectivity index (χ1v) is 12.2. The van der Waals surface area contributed by atoms with E-state index in [4.69, 9.17) is 21.1 Å². The Morgan fingerprint density at radius 3 is 2.81 bits per heavy atom. The maximum atomic E-state index is 15.1. The topological polar surface area (TPSA) is 76.2 Å². The number of nitrogens with zero attached hydrogens (tertiary/aromatic N) is 4. The standard InChI is InChI=1S/C27H27ClFN5O2/c1-17-13-30-15-23(28)27(17)18(2)36-21-5-6-25-22(11-21)26(33-32-25)12-24(29)19-3-4-20(31-14-19)16-34-7-9-35-10-8-34/h3-6,11-15,18H,7-10,16H2,1-2H3,(H,32,33)/b24-12-. The quantitative estimate of drug-likeness (QED) is 0.343. The molecule has 0 bridgehead atoms. The lowest BCUT2D eigenvalue weighted by molar-refractivity contribution is 0.0336. The van der Waals surface area contributed by atoms with Crippen molar-refractivity contribution < 1.29 is 13.9 Å². The summed E-state index contributed by atoms with van der Waals surface area (Å²) in [6, 6.07) is 9.15. The molecule has 4 aromatic rings. The molecule has 1 atom stereocenters. The van der Waals surface area contributed by atoms with Gasteiger partial charge in [-0.3, -0.25) is 20.0 Å². The van der Waals surface area contributed by atoms with Gasteiger partial charge < -0.3 is 9.47 Å². The average Bonchev–Trinajstić information content (AvgIpc) is 3.27. The molecule has 3 aromatic heterocycles. The van der Waals surface area contributed by atoms with Gasteiger partial charge in [0.15, 0.2) is 0 Å². The molecule has 7 nitrogen and oxygen atoms in total. The molecule has 0 saturated carbocycles. The number of fused-ring (bicyclic) bond motifs is 1. The highest BCUT2D eigenvalue weighted by Crippen LogP contribution is 2.32. The first kappa shape index (κ1) is 24.4. The number of aromatic nitrogens is 4. The summed E-state index contributed by atoms with van der Waals surface area (Å²) in [5, 5.41) is 8.53. The molecule has 5 rings (SSSR count). The fourth-order valence-electron chi connectivity index (χ4n) is 4.37. The first-order valence-electron chi connectivity index (χ1n) is 11.9. The SMILES string of the molecule is Cc1cncc(Cl)c1C(C)Oc1ccc2n[nH]c(/C=C(\F)c3ccc(CN4CCOCC4)nc3)c2c1. The van der Waals surface area contributed by atoms with Crippen LogP contribution in [0.4, 0.5) is 4.39 Å². The predicted octanol–water partition coefficient (Wildman–Crippen LogP) is 5.75. The third-order valence-corrected chi connectivity index (χ3v) is 6.57. The van der Waals surface area contributed by atoms with Crippen LogP contribution in [0.5, 0.6) is 5.75 Å². The lowest BCUT2D eigenvalue weighted by atomic mass is 10.1. The van der Waals surface area contributed by atoms with Gasteiger partial charge in [0.1, 0.15) is 17.7 Å². The third kappa shape index (κ3) is 5.41. The van der Waals surface area contributed by atoms with Crippen LogP contribution in [0.25, 0.3) is 22.8 Å². The van der Waals surface area contributed by atoms with Gasteiger partial charge >= 0.3 is 0 Å². The fraction of sp³-hybridized carbons (Fsp3) is 0.296. The van der Waals surface area contributed by atoms with Crippen molar-refractivity contribution in [1.82, 2.24) is 25.1 Å². The summed E-state index contributed by atoms with van der Waals surface area (Å²) in [5.74, 6) is 0.234. The molecule has 0 amide bonds. The van der Waals surface area contributed by atoms with Crippen LogP contribution in [-0.2, 0) is 11.3 Å². The molecule has 0 aliphatic carbocycles. The van der Waals surface area contributed by atoms with Gasteiger partial charge in [-0.2, -0.15) is 5.10 Å². The highest BCUT2D eigenvalue weighted by molar-refractivity contribution is 6.31. The monoisotopic (exact) mass is 507 g/mol. The number of halogens is 2.